The van der Waals surface area contributed by atoms with Crippen molar-refractivity contribution in [1.82, 2.24) is 0 Å². The Labute approximate surface area is 278 Å². The lowest BCUT2D eigenvalue weighted by atomic mass is 10.2. The van der Waals surface area contributed by atoms with E-state index >= 15 is 0 Å². The lowest BCUT2D eigenvalue weighted by Gasteiger charge is -2.09. The summed E-state index contributed by atoms with van der Waals surface area (Å²) in [4.78, 5) is 24.7. The first kappa shape index (κ1) is 35.1. The fourth-order valence-corrected chi connectivity index (χ4v) is 4.14. The Balaban J connectivity index is 0.988. The van der Waals surface area contributed by atoms with E-state index in [9.17, 15) is 9.59 Å². The van der Waals surface area contributed by atoms with Crippen LogP contribution in [0.15, 0.2) is 97.1 Å². The number of hydrogen-bond donors (Lipinski definition) is 4. The molecule has 0 aromatic heterocycles. The van der Waals surface area contributed by atoms with Crippen LogP contribution in [-0.2, 0) is 9.47 Å². The van der Waals surface area contributed by atoms with Gasteiger partial charge in [-0.2, -0.15) is 0 Å². The van der Waals surface area contributed by atoms with Crippen LogP contribution in [-0.4, -0.2) is 63.3 Å². The standard InChI is InChI=1S/C36H38N4O8/c37-33(38)25-3-15-31(16-4-25)47-35(41)27-7-11-29(12-8-27)45-21-1-19-43-23-24-44-20-2-22-46-30-13-9-28(10-14-30)36(42)48-32-17-5-26(6-18-32)34(39)40/h3-18H,1-2,19-24H2,(H3,37,38)(H3,39,40). The third kappa shape index (κ3) is 11.6. The van der Waals surface area contributed by atoms with Crippen LogP contribution in [0.5, 0.6) is 23.0 Å². The van der Waals surface area contributed by atoms with Crippen molar-refractivity contribution in [3.63, 3.8) is 0 Å². The smallest absolute Gasteiger partial charge is 0.343 e. The predicted octanol–water partition coefficient (Wildman–Crippen LogP) is 4.96. The molecule has 4 aromatic rings. The van der Waals surface area contributed by atoms with Crippen LogP contribution in [0.2, 0.25) is 0 Å². The molecule has 6 N–H and O–H groups in total. The molecule has 250 valence electrons. The number of benzene rings is 4. The van der Waals surface area contributed by atoms with Crippen molar-refractivity contribution in [2.24, 2.45) is 11.5 Å². The van der Waals surface area contributed by atoms with E-state index in [-0.39, 0.29) is 11.7 Å². The van der Waals surface area contributed by atoms with Gasteiger partial charge in [0.05, 0.1) is 37.6 Å². The highest BCUT2D eigenvalue weighted by Crippen LogP contribution is 2.18. The molecule has 0 heterocycles. The number of amidine groups is 2. The van der Waals surface area contributed by atoms with E-state index in [1.165, 1.54) is 0 Å². The van der Waals surface area contributed by atoms with Gasteiger partial charge in [0.1, 0.15) is 34.7 Å². The van der Waals surface area contributed by atoms with E-state index in [1.807, 2.05) is 0 Å². The van der Waals surface area contributed by atoms with Crippen molar-refractivity contribution in [3.05, 3.63) is 119 Å². The third-order valence-electron chi connectivity index (χ3n) is 6.71. The minimum atomic E-state index is -0.497. The molecule has 0 amide bonds. The van der Waals surface area contributed by atoms with Gasteiger partial charge in [0, 0.05) is 37.2 Å². The van der Waals surface area contributed by atoms with Crippen LogP contribution in [0.25, 0.3) is 0 Å². The highest BCUT2D eigenvalue weighted by molar-refractivity contribution is 5.96. The molecule has 12 nitrogen and oxygen atoms in total. The summed E-state index contributed by atoms with van der Waals surface area (Å²) in [5.74, 6) is 0.892. The monoisotopic (exact) mass is 654 g/mol. The van der Waals surface area contributed by atoms with Gasteiger partial charge in [0.25, 0.3) is 0 Å². The normalized spacial score (nSPS) is 10.6. The number of hydrogen-bond acceptors (Lipinski definition) is 10. The first-order chi connectivity index (χ1) is 23.3. The zero-order valence-corrected chi connectivity index (χ0v) is 26.3. The van der Waals surface area contributed by atoms with Crippen molar-refractivity contribution in [1.29, 1.82) is 10.8 Å². The molecule has 0 fully saturated rings. The number of carbonyl (C=O) groups excluding carboxylic acids is 2. The zero-order valence-electron chi connectivity index (χ0n) is 26.3. The molecule has 0 aliphatic rings. The van der Waals surface area contributed by atoms with Gasteiger partial charge in [-0.1, -0.05) is 0 Å². The van der Waals surface area contributed by atoms with Crippen LogP contribution in [0.3, 0.4) is 0 Å². The van der Waals surface area contributed by atoms with Gasteiger partial charge in [0.2, 0.25) is 0 Å². The minimum Gasteiger partial charge on any atom is -0.494 e. The van der Waals surface area contributed by atoms with Gasteiger partial charge < -0.3 is 39.9 Å². The number of nitrogens with one attached hydrogen (secondary N) is 2. The van der Waals surface area contributed by atoms with Crippen LogP contribution in [0.4, 0.5) is 0 Å². The van der Waals surface area contributed by atoms with Gasteiger partial charge in [-0.15, -0.1) is 0 Å². The largest absolute Gasteiger partial charge is 0.494 e. The number of nitrogens with two attached hydrogens (primary N) is 2. The first-order valence-electron chi connectivity index (χ1n) is 15.2. The highest BCUT2D eigenvalue weighted by atomic mass is 16.5. The summed E-state index contributed by atoms with van der Waals surface area (Å²) >= 11 is 0. The molecule has 0 aliphatic heterocycles. The quantitative estimate of drug-likeness (QED) is 0.0353. The zero-order chi connectivity index (χ0) is 34.1. The molecule has 0 bridgehead atoms. The molecule has 0 spiro atoms. The van der Waals surface area contributed by atoms with Crippen molar-refractivity contribution in [3.8, 4) is 23.0 Å². The molecule has 0 saturated heterocycles. The average molecular weight is 655 g/mol. The van der Waals surface area contributed by atoms with Crippen LogP contribution >= 0.6 is 0 Å². The summed E-state index contributed by atoms with van der Waals surface area (Å²) in [6.45, 7) is 2.90. The summed E-state index contributed by atoms with van der Waals surface area (Å²) in [5, 5.41) is 14.8. The summed E-state index contributed by atoms with van der Waals surface area (Å²) in [5.41, 5.74) is 12.7. The second-order valence-corrected chi connectivity index (χ2v) is 10.3. The molecule has 0 aliphatic carbocycles. The van der Waals surface area contributed by atoms with Gasteiger partial charge in [0.15, 0.2) is 0 Å². The molecule has 0 atom stereocenters. The number of rotatable bonds is 19. The molecule has 0 saturated carbocycles. The van der Waals surface area contributed by atoms with Gasteiger partial charge >= 0.3 is 11.9 Å². The van der Waals surface area contributed by atoms with Crippen LogP contribution in [0, 0.1) is 10.8 Å². The fourth-order valence-electron chi connectivity index (χ4n) is 4.14. The topological polar surface area (TPSA) is 189 Å². The summed E-state index contributed by atoms with van der Waals surface area (Å²) in [6, 6.07) is 26.2. The Morgan fingerprint density at radius 1 is 0.438 bits per heavy atom. The van der Waals surface area contributed by atoms with Crippen molar-refractivity contribution in [2.75, 3.05) is 39.6 Å². The molecule has 12 heteroatoms. The number of nitrogen functional groups attached to an aromatic ring is 2. The van der Waals surface area contributed by atoms with Gasteiger partial charge in [-0.3, -0.25) is 10.8 Å². The summed E-state index contributed by atoms with van der Waals surface area (Å²) in [6.07, 6.45) is 1.39. The minimum absolute atomic E-state index is 0.0551. The maximum atomic E-state index is 12.4. The van der Waals surface area contributed by atoms with Crippen molar-refractivity contribution in [2.45, 2.75) is 12.8 Å². The Hall–Kier alpha value is -5.72. The summed E-state index contributed by atoms with van der Waals surface area (Å²) in [7, 11) is 0. The molecule has 4 rings (SSSR count). The maximum Gasteiger partial charge on any atom is 0.343 e. The van der Waals surface area contributed by atoms with Crippen molar-refractivity contribution >= 4 is 23.6 Å². The lowest BCUT2D eigenvalue weighted by Crippen LogP contribution is -2.12. The first-order valence-corrected chi connectivity index (χ1v) is 15.2. The third-order valence-corrected chi connectivity index (χ3v) is 6.71. The van der Waals surface area contributed by atoms with E-state index < -0.39 is 11.9 Å². The summed E-state index contributed by atoms with van der Waals surface area (Å²) < 4.78 is 33.3. The van der Waals surface area contributed by atoms with Crippen LogP contribution in [0.1, 0.15) is 44.7 Å². The van der Waals surface area contributed by atoms with E-state index in [4.69, 9.17) is 50.7 Å². The Morgan fingerprint density at radius 2 is 0.750 bits per heavy atom. The molecular weight excluding hydrogens is 616 g/mol. The van der Waals surface area contributed by atoms with Gasteiger partial charge in [-0.05, 0) is 97.1 Å². The number of ether oxygens (including phenoxy) is 6. The number of carbonyl (C=O) groups is 2. The second-order valence-electron chi connectivity index (χ2n) is 10.3. The second kappa shape index (κ2) is 18.4. The Kier molecular flexibility index (Phi) is 13.5. The molecule has 0 unspecified atom stereocenters. The molecule has 4 aromatic carbocycles. The van der Waals surface area contributed by atoms with Crippen LogP contribution < -0.4 is 30.4 Å². The van der Waals surface area contributed by atoms with E-state index in [0.717, 1.165) is 0 Å². The maximum absolute atomic E-state index is 12.4. The van der Waals surface area contributed by atoms with Crippen molar-refractivity contribution < 1.29 is 38.0 Å². The van der Waals surface area contributed by atoms with Gasteiger partial charge in [-0.25, -0.2) is 9.59 Å². The van der Waals surface area contributed by atoms with E-state index in [1.54, 1.807) is 97.1 Å². The van der Waals surface area contributed by atoms with E-state index in [2.05, 4.69) is 0 Å². The SMILES string of the molecule is N=C(N)c1ccc(OC(=O)c2ccc(OCCCOCCOCCCOc3ccc(C(=O)Oc4ccc(C(=N)N)cc4)cc3)cc2)cc1. The van der Waals surface area contributed by atoms with E-state index in [0.29, 0.717) is 97.7 Å². The Morgan fingerprint density at radius 3 is 1.08 bits per heavy atom. The number of esters is 2. The Bertz CT molecular complexity index is 1520. The molecule has 48 heavy (non-hydrogen) atoms. The fraction of sp³-hybridized carbons (Fsp3) is 0.222. The molecular formula is C36H38N4O8. The highest BCUT2D eigenvalue weighted by Gasteiger charge is 2.11. The molecule has 0 radical (unpaired) electrons. The lowest BCUT2D eigenvalue weighted by molar-refractivity contribution is 0.0397. The predicted molar refractivity (Wildman–Crippen MR) is 180 cm³/mol. The average Bonchev–Trinajstić information content (AvgIpc) is 3.09.